The first-order chi connectivity index (χ1) is 16.0. The summed E-state index contributed by atoms with van der Waals surface area (Å²) in [6.07, 6.45) is 2.03. The Morgan fingerprint density at radius 2 is 1.97 bits per heavy atom. The molecule has 33 heavy (non-hydrogen) atoms. The van der Waals surface area contributed by atoms with Gasteiger partial charge in [-0.05, 0) is 49.2 Å². The molecule has 9 nitrogen and oxygen atoms in total. The summed E-state index contributed by atoms with van der Waals surface area (Å²) in [7, 11) is -2.14. The number of sulfonamides is 1. The van der Waals surface area contributed by atoms with E-state index in [9.17, 15) is 13.5 Å². The van der Waals surface area contributed by atoms with Crippen LogP contribution in [0.5, 0.6) is 11.5 Å². The highest BCUT2D eigenvalue weighted by molar-refractivity contribution is 7.89. The van der Waals surface area contributed by atoms with E-state index in [1.54, 1.807) is 30.3 Å². The van der Waals surface area contributed by atoms with Crippen LogP contribution in [0, 0.1) is 0 Å². The molecule has 1 aromatic heterocycles. The van der Waals surface area contributed by atoms with E-state index >= 15 is 0 Å². The number of aromatic hydroxyl groups is 1. The van der Waals surface area contributed by atoms with E-state index in [1.165, 1.54) is 11.4 Å². The number of morpholine rings is 1. The van der Waals surface area contributed by atoms with Gasteiger partial charge in [-0.3, -0.25) is 0 Å². The van der Waals surface area contributed by atoms with E-state index in [1.807, 2.05) is 10.6 Å². The lowest BCUT2D eigenvalue weighted by atomic mass is 10.1. The van der Waals surface area contributed by atoms with Gasteiger partial charge in [0, 0.05) is 25.3 Å². The second kappa shape index (κ2) is 8.94. The standard InChI is InChI=1S/C23H27N3O6S/c1-30-22-7-4-16(13-21(22)27)23-24-19-14-18(33(28,29)25-8-11-31-12-9-25)5-6-20(19)26(23)15-17-3-2-10-32-17/h4-7,13-14,17,27H,2-3,8-12,15H2,1H3/t17-/m1/s1. The average Bonchev–Trinajstić information content (AvgIpc) is 3.47. The number of hydrogen-bond acceptors (Lipinski definition) is 7. The molecule has 1 atom stereocenters. The van der Waals surface area contributed by atoms with Crippen LogP contribution in [0.15, 0.2) is 41.3 Å². The smallest absolute Gasteiger partial charge is 0.243 e. The van der Waals surface area contributed by atoms with Crippen LogP contribution >= 0.6 is 0 Å². The predicted molar refractivity (Wildman–Crippen MR) is 122 cm³/mol. The Balaban J connectivity index is 1.60. The zero-order valence-corrected chi connectivity index (χ0v) is 19.3. The summed E-state index contributed by atoms with van der Waals surface area (Å²) in [6.45, 7) is 2.78. The van der Waals surface area contributed by atoms with Crippen molar-refractivity contribution in [1.29, 1.82) is 0 Å². The monoisotopic (exact) mass is 473 g/mol. The molecule has 0 bridgehead atoms. The van der Waals surface area contributed by atoms with Gasteiger partial charge in [0.15, 0.2) is 11.5 Å². The van der Waals surface area contributed by atoms with E-state index in [0.29, 0.717) is 55.5 Å². The maximum atomic E-state index is 13.2. The third kappa shape index (κ3) is 4.19. The van der Waals surface area contributed by atoms with E-state index in [2.05, 4.69) is 0 Å². The van der Waals surface area contributed by atoms with Crippen LogP contribution in [0.1, 0.15) is 12.8 Å². The lowest BCUT2D eigenvalue weighted by Crippen LogP contribution is -2.40. The highest BCUT2D eigenvalue weighted by Gasteiger charge is 2.28. The van der Waals surface area contributed by atoms with Gasteiger partial charge in [-0.1, -0.05) is 0 Å². The zero-order valence-electron chi connectivity index (χ0n) is 18.4. The molecule has 2 aromatic carbocycles. The van der Waals surface area contributed by atoms with Crippen molar-refractivity contribution in [3.63, 3.8) is 0 Å². The minimum atomic E-state index is -3.64. The second-order valence-electron chi connectivity index (χ2n) is 8.23. The van der Waals surface area contributed by atoms with Crippen molar-refractivity contribution < 1.29 is 27.7 Å². The van der Waals surface area contributed by atoms with Gasteiger partial charge in [-0.25, -0.2) is 13.4 Å². The Hall–Kier alpha value is -2.66. The van der Waals surface area contributed by atoms with Gasteiger partial charge in [0.05, 0.1) is 48.9 Å². The SMILES string of the molecule is COc1ccc(-c2nc3cc(S(=O)(=O)N4CCOCC4)ccc3n2C[C@H]2CCCO2)cc1O. The van der Waals surface area contributed by atoms with Crippen LogP contribution in [0.4, 0.5) is 0 Å². The first kappa shape index (κ1) is 22.1. The van der Waals surface area contributed by atoms with Gasteiger partial charge in [-0.2, -0.15) is 4.31 Å². The van der Waals surface area contributed by atoms with Crippen LogP contribution in [-0.4, -0.2) is 73.5 Å². The number of nitrogens with zero attached hydrogens (tertiary/aromatic N) is 3. The molecule has 3 aromatic rings. The van der Waals surface area contributed by atoms with Crippen LogP contribution in [0.25, 0.3) is 22.4 Å². The van der Waals surface area contributed by atoms with Crippen LogP contribution in [0.3, 0.4) is 0 Å². The number of ether oxygens (including phenoxy) is 3. The number of imidazole rings is 1. The van der Waals surface area contributed by atoms with Gasteiger partial charge in [0.25, 0.3) is 0 Å². The predicted octanol–water partition coefficient (Wildman–Crippen LogP) is 2.62. The molecule has 0 amide bonds. The van der Waals surface area contributed by atoms with E-state index in [0.717, 1.165) is 25.0 Å². The Kier molecular flexibility index (Phi) is 6.00. The Morgan fingerprint density at radius 1 is 1.15 bits per heavy atom. The normalized spacial score (nSPS) is 19.8. The number of phenolic OH excluding ortho intramolecular Hbond substituents is 1. The Bertz CT molecular complexity index is 1260. The van der Waals surface area contributed by atoms with Gasteiger partial charge < -0.3 is 23.9 Å². The Labute approximate surface area is 192 Å². The first-order valence-corrected chi connectivity index (χ1v) is 12.5. The molecule has 0 aliphatic carbocycles. The summed E-state index contributed by atoms with van der Waals surface area (Å²) in [5.41, 5.74) is 2.10. The van der Waals surface area contributed by atoms with Crippen molar-refractivity contribution in [2.45, 2.75) is 30.4 Å². The van der Waals surface area contributed by atoms with E-state index in [4.69, 9.17) is 19.2 Å². The molecule has 0 radical (unpaired) electrons. The maximum absolute atomic E-state index is 13.2. The topological polar surface area (TPSA) is 103 Å². The minimum absolute atomic E-state index is 0.0151. The summed E-state index contributed by atoms with van der Waals surface area (Å²) in [5.74, 6) is 1.03. The highest BCUT2D eigenvalue weighted by atomic mass is 32.2. The largest absolute Gasteiger partial charge is 0.504 e. The average molecular weight is 474 g/mol. The number of hydrogen-bond donors (Lipinski definition) is 1. The Morgan fingerprint density at radius 3 is 2.67 bits per heavy atom. The molecule has 1 N–H and O–H groups in total. The molecule has 0 unspecified atom stereocenters. The van der Waals surface area contributed by atoms with Crippen LogP contribution in [-0.2, 0) is 26.0 Å². The van der Waals surface area contributed by atoms with Crippen LogP contribution < -0.4 is 4.74 Å². The van der Waals surface area contributed by atoms with Gasteiger partial charge in [0.2, 0.25) is 10.0 Å². The zero-order chi connectivity index (χ0) is 23.0. The number of fused-ring (bicyclic) bond motifs is 1. The van der Waals surface area contributed by atoms with Crippen molar-refractivity contribution in [2.75, 3.05) is 40.0 Å². The summed E-state index contributed by atoms with van der Waals surface area (Å²) in [6, 6.07) is 10.2. The summed E-state index contributed by atoms with van der Waals surface area (Å²) >= 11 is 0. The number of methoxy groups -OCH3 is 1. The first-order valence-electron chi connectivity index (χ1n) is 11.0. The van der Waals surface area contributed by atoms with Crippen molar-refractivity contribution in [3.8, 4) is 22.9 Å². The summed E-state index contributed by atoms with van der Waals surface area (Å²) in [4.78, 5) is 5.00. The van der Waals surface area contributed by atoms with E-state index in [-0.39, 0.29) is 16.7 Å². The fraction of sp³-hybridized carbons (Fsp3) is 0.435. The van der Waals surface area contributed by atoms with Gasteiger partial charge in [0.1, 0.15) is 5.82 Å². The summed E-state index contributed by atoms with van der Waals surface area (Å²) in [5, 5.41) is 10.3. The molecule has 2 aliphatic heterocycles. The van der Waals surface area contributed by atoms with Crippen molar-refractivity contribution in [3.05, 3.63) is 36.4 Å². The molecule has 3 heterocycles. The van der Waals surface area contributed by atoms with Crippen molar-refractivity contribution in [1.82, 2.24) is 13.9 Å². The van der Waals surface area contributed by atoms with E-state index < -0.39 is 10.0 Å². The molecule has 5 rings (SSSR count). The highest BCUT2D eigenvalue weighted by Crippen LogP contribution is 2.34. The molecule has 2 saturated heterocycles. The minimum Gasteiger partial charge on any atom is -0.504 e. The molecule has 2 aliphatic rings. The lowest BCUT2D eigenvalue weighted by molar-refractivity contribution is 0.0730. The van der Waals surface area contributed by atoms with Crippen molar-refractivity contribution in [2.24, 2.45) is 0 Å². The fourth-order valence-corrected chi connectivity index (χ4v) is 5.86. The molecular formula is C23H27N3O6S. The quantitative estimate of drug-likeness (QED) is 0.587. The lowest BCUT2D eigenvalue weighted by Gasteiger charge is -2.26. The molecule has 10 heteroatoms. The maximum Gasteiger partial charge on any atom is 0.243 e. The third-order valence-electron chi connectivity index (χ3n) is 6.17. The number of rotatable bonds is 6. The molecule has 0 spiro atoms. The number of aromatic nitrogens is 2. The fourth-order valence-electron chi connectivity index (χ4n) is 4.43. The third-order valence-corrected chi connectivity index (χ3v) is 8.07. The molecule has 176 valence electrons. The number of benzene rings is 2. The molecular weight excluding hydrogens is 446 g/mol. The second-order valence-corrected chi connectivity index (χ2v) is 10.2. The van der Waals surface area contributed by atoms with Crippen molar-refractivity contribution >= 4 is 21.1 Å². The van der Waals surface area contributed by atoms with Crippen LogP contribution in [0.2, 0.25) is 0 Å². The molecule has 0 saturated carbocycles. The number of phenols is 1. The van der Waals surface area contributed by atoms with Gasteiger partial charge >= 0.3 is 0 Å². The van der Waals surface area contributed by atoms with Gasteiger partial charge in [-0.15, -0.1) is 0 Å². The summed E-state index contributed by atoms with van der Waals surface area (Å²) < 4.78 is 46.1. The molecule has 2 fully saturated rings.